The Morgan fingerprint density at radius 1 is 1.10 bits per heavy atom. The highest BCUT2D eigenvalue weighted by Gasteiger charge is 2.31. The largest absolute Gasteiger partial charge is 0.573 e. The predicted octanol–water partition coefficient (Wildman–Crippen LogP) is 4.62. The summed E-state index contributed by atoms with van der Waals surface area (Å²) < 4.78 is 45.7. The van der Waals surface area contributed by atoms with Crippen LogP contribution in [0.5, 0.6) is 17.2 Å². The van der Waals surface area contributed by atoms with Gasteiger partial charge in [-0.2, -0.15) is 0 Å². The summed E-state index contributed by atoms with van der Waals surface area (Å²) in [5, 5.41) is 9.98. The van der Waals surface area contributed by atoms with Crippen LogP contribution in [-0.4, -0.2) is 18.6 Å². The standard InChI is InChI=1S/C14H10ClF3O3/c1-20-13-6-9(15)2-3-12(13)8-4-10(19)7-11(5-8)21-14(16,17)18/h2-7,19H,1H3. The lowest BCUT2D eigenvalue weighted by molar-refractivity contribution is -0.274. The average Bonchev–Trinajstić information content (AvgIpc) is 2.35. The number of phenols is 1. The molecule has 0 heterocycles. The summed E-state index contributed by atoms with van der Waals surface area (Å²) >= 11 is 5.83. The third-order valence-corrected chi connectivity index (χ3v) is 2.83. The Labute approximate surface area is 123 Å². The summed E-state index contributed by atoms with van der Waals surface area (Å²) in [6.07, 6.45) is -4.84. The van der Waals surface area contributed by atoms with Crippen LogP contribution in [0.25, 0.3) is 11.1 Å². The molecule has 0 saturated carbocycles. The quantitative estimate of drug-likeness (QED) is 0.897. The highest BCUT2D eigenvalue weighted by atomic mass is 35.5. The zero-order valence-corrected chi connectivity index (χ0v) is 11.5. The van der Waals surface area contributed by atoms with Crippen molar-refractivity contribution in [3.63, 3.8) is 0 Å². The molecule has 0 aliphatic rings. The number of hydrogen-bond acceptors (Lipinski definition) is 3. The molecule has 0 unspecified atom stereocenters. The fourth-order valence-electron chi connectivity index (χ4n) is 1.83. The van der Waals surface area contributed by atoms with Crippen LogP contribution in [0.1, 0.15) is 0 Å². The van der Waals surface area contributed by atoms with Crippen molar-refractivity contribution in [3.8, 4) is 28.4 Å². The molecule has 2 rings (SSSR count). The van der Waals surface area contributed by atoms with Crippen LogP contribution < -0.4 is 9.47 Å². The fraction of sp³-hybridized carbons (Fsp3) is 0.143. The van der Waals surface area contributed by atoms with Gasteiger partial charge in [0.05, 0.1) is 7.11 Å². The molecule has 1 N–H and O–H groups in total. The van der Waals surface area contributed by atoms with Crippen molar-refractivity contribution in [1.82, 2.24) is 0 Å². The molecule has 2 aromatic rings. The minimum absolute atomic E-state index is 0.308. The molecule has 0 aromatic heterocycles. The minimum atomic E-state index is -4.84. The molecule has 112 valence electrons. The van der Waals surface area contributed by atoms with Crippen LogP contribution in [0.2, 0.25) is 5.02 Å². The van der Waals surface area contributed by atoms with Crippen LogP contribution >= 0.6 is 11.6 Å². The summed E-state index contributed by atoms with van der Waals surface area (Å²) in [6.45, 7) is 0. The zero-order valence-electron chi connectivity index (χ0n) is 10.7. The van der Waals surface area contributed by atoms with E-state index in [1.807, 2.05) is 0 Å². The van der Waals surface area contributed by atoms with Gasteiger partial charge in [0.2, 0.25) is 0 Å². The van der Waals surface area contributed by atoms with Gasteiger partial charge in [0.15, 0.2) is 0 Å². The maximum absolute atomic E-state index is 12.3. The van der Waals surface area contributed by atoms with Crippen LogP contribution in [0, 0.1) is 0 Å². The third-order valence-electron chi connectivity index (χ3n) is 2.60. The lowest BCUT2D eigenvalue weighted by Gasteiger charge is -2.13. The first-order valence-electron chi connectivity index (χ1n) is 5.72. The van der Waals surface area contributed by atoms with Crippen molar-refractivity contribution in [2.75, 3.05) is 7.11 Å². The summed E-state index contributed by atoms with van der Waals surface area (Å²) in [7, 11) is 1.41. The van der Waals surface area contributed by atoms with E-state index in [4.69, 9.17) is 16.3 Å². The van der Waals surface area contributed by atoms with Gasteiger partial charge in [0, 0.05) is 16.7 Å². The number of halogens is 4. The van der Waals surface area contributed by atoms with Gasteiger partial charge in [-0.15, -0.1) is 13.2 Å². The first-order chi connectivity index (χ1) is 9.78. The molecule has 0 amide bonds. The van der Waals surface area contributed by atoms with Crippen molar-refractivity contribution >= 4 is 11.6 Å². The van der Waals surface area contributed by atoms with Crippen molar-refractivity contribution < 1.29 is 27.8 Å². The van der Waals surface area contributed by atoms with E-state index in [2.05, 4.69) is 4.74 Å². The molecule has 3 nitrogen and oxygen atoms in total. The van der Waals surface area contributed by atoms with E-state index < -0.39 is 12.1 Å². The number of aromatic hydroxyl groups is 1. The minimum Gasteiger partial charge on any atom is -0.508 e. The predicted molar refractivity (Wildman–Crippen MR) is 71.8 cm³/mol. The molecule has 0 radical (unpaired) electrons. The van der Waals surface area contributed by atoms with Crippen LogP contribution in [0.15, 0.2) is 36.4 Å². The second kappa shape index (κ2) is 5.73. The molecule has 0 spiro atoms. The molecule has 0 bridgehead atoms. The van der Waals surface area contributed by atoms with Crippen molar-refractivity contribution in [1.29, 1.82) is 0 Å². The van der Waals surface area contributed by atoms with Crippen molar-refractivity contribution in [2.24, 2.45) is 0 Å². The van der Waals surface area contributed by atoms with Gasteiger partial charge >= 0.3 is 6.36 Å². The molecular formula is C14H10ClF3O3. The zero-order chi connectivity index (χ0) is 15.6. The summed E-state index contributed by atoms with van der Waals surface area (Å²) in [4.78, 5) is 0. The maximum atomic E-state index is 12.3. The van der Waals surface area contributed by atoms with Crippen LogP contribution in [0.4, 0.5) is 13.2 Å². The van der Waals surface area contributed by atoms with E-state index in [0.29, 0.717) is 21.9 Å². The smallest absolute Gasteiger partial charge is 0.508 e. The van der Waals surface area contributed by atoms with Crippen LogP contribution in [-0.2, 0) is 0 Å². The average molecular weight is 319 g/mol. The molecule has 0 aliphatic carbocycles. The van der Waals surface area contributed by atoms with Gasteiger partial charge in [-0.25, -0.2) is 0 Å². The van der Waals surface area contributed by atoms with Gasteiger partial charge in [-0.3, -0.25) is 0 Å². The lowest BCUT2D eigenvalue weighted by atomic mass is 10.0. The van der Waals surface area contributed by atoms with Crippen molar-refractivity contribution in [3.05, 3.63) is 41.4 Å². The fourth-order valence-corrected chi connectivity index (χ4v) is 2.00. The Morgan fingerprint density at radius 2 is 1.81 bits per heavy atom. The summed E-state index contributed by atoms with van der Waals surface area (Å²) in [6, 6.07) is 7.99. The van der Waals surface area contributed by atoms with Gasteiger partial charge in [-0.05, 0) is 35.9 Å². The second-order valence-electron chi connectivity index (χ2n) is 4.11. The summed E-state index contributed by atoms with van der Waals surface area (Å²) in [5.41, 5.74) is 0.785. The van der Waals surface area contributed by atoms with Gasteiger partial charge in [0.25, 0.3) is 0 Å². The van der Waals surface area contributed by atoms with Gasteiger partial charge < -0.3 is 14.6 Å². The SMILES string of the molecule is COc1cc(Cl)ccc1-c1cc(O)cc(OC(F)(F)F)c1. The highest BCUT2D eigenvalue weighted by Crippen LogP contribution is 2.37. The number of methoxy groups -OCH3 is 1. The van der Waals surface area contributed by atoms with Gasteiger partial charge in [-0.1, -0.05) is 11.6 Å². The topological polar surface area (TPSA) is 38.7 Å². The van der Waals surface area contributed by atoms with E-state index in [-0.39, 0.29) is 5.75 Å². The van der Waals surface area contributed by atoms with E-state index in [0.717, 1.165) is 12.1 Å². The highest BCUT2D eigenvalue weighted by molar-refractivity contribution is 6.30. The molecule has 0 atom stereocenters. The Balaban J connectivity index is 2.49. The molecule has 0 saturated heterocycles. The molecule has 0 aliphatic heterocycles. The number of hydrogen-bond donors (Lipinski definition) is 1. The lowest BCUT2D eigenvalue weighted by Crippen LogP contribution is -2.17. The Hall–Kier alpha value is -2.08. The Kier molecular flexibility index (Phi) is 4.18. The molecular weight excluding hydrogens is 309 g/mol. The number of ether oxygens (including phenoxy) is 2. The van der Waals surface area contributed by atoms with E-state index in [9.17, 15) is 18.3 Å². The molecule has 21 heavy (non-hydrogen) atoms. The molecule has 7 heteroatoms. The number of alkyl halides is 3. The monoisotopic (exact) mass is 318 g/mol. The maximum Gasteiger partial charge on any atom is 0.573 e. The molecule has 2 aromatic carbocycles. The first kappa shape index (κ1) is 15.3. The van der Waals surface area contributed by atoms with Crippen molar-refractivity contribution in [2.45, 2.75) is 6.36 Å². The van der Waals surface area contributed by atoms with E-state index in [1.54, 1.807) is 12.1 Å². The second-order valence-corrected chi connectivity index (χ2v) is 4.54. The number of phenolic OH excluding ortho intramolecular Hbond substituents is 1. The summed E-state index contributed by atoms with van der Waals surface area (Å²) in [5.74, 6) is -0.510. The van der Waals surface area contributed by atoms with Gasteiger partial charge in [0.1, 0.15) is 17.2 Å². The first-order valence-corrected chi connectivity index (χ1v) is 6.10. The van der Waals surface area contributed by atoms with E-state index >= 15 is 0 Å². The Morgan fingerprint density at radius 3 is 2.43 bits per heavy atom. The normalized spacial score (nSPS) is 11.3. The Bertz CT molecular complexity index is 656. The number of benzene rings is 2. The third kappa shape index (κ3) is 3.95. The molecule has 0 fully saturated rings. The van der Waals surface area contributed by atoms with E-state index in [1.165, 1.54) is 19.2 Å². The number of rotatable bonds is 3. The van der Waals surface area contributed by atoms with Crippen LogP contribution in [0.3, 0.4) is 0 Å².